The second kappa shape index (κ2) is 6.64. The fourth-order valence-corrected chi connectivity index (χ4v) is 0.821. The third kappa shape index (κ3) is 4.40. The SMILES string of the molecule is Cl.Cl.NNC1=NCCC(F)C1. The Hall–Kier alpha value is -0.0600. The summed E-state index contributed by atoms with van der Waals surface area (Å²) in [4.78, 5) is 3.94. The Morgan fingerprint density at radius 1 is 1.55 bits per heavy atom. The molecule has 68 valence electrons. The van der Waals surface area contributed by atoms with Crippen molar-refractivity contribution in [2.75, 3.05) is 6.54 Å². The maximum Gasteiger partial charge on any atom is 0.113 e. The molecule has 0 aromatic carbocycles. The summed E-state index contributed by atoms with van der Waals surface area (Å²) in [5, 5.41) is 0. The van der Waals surface area contributed by atoms with Crippen LogP contribution in [0.15, 0.2) is 4.99 Å². The number of hydrogen-bond donors (Lipinski definition) is 2. The molecule has 3 N–H and O–H groups in total. The number of rotatable bonds is 0. The summed E-state index contributed by atoms with van der Waals surface area (Å²) in [6.45, 7) is 0.556. The largest absolute Gasteiger partial charge is 0.312 e. The van der Waals surface area contributed by atoms with Crippen LogP contribution in [0.3, 0.4) is 0 Å². The highest BCUT2D eigenvalue weighted by Crippen LogP contribution is 2.08. The molecule has 0 fully saturated rings. The molecular weight excluding hydrogens is 192 g/mol. The van der Waals surface area contributed by atoms with E-state index in [1.807, 2.05) is 0 Å². The van der Waals surface area contributed by atoms with Crippen LogP contribution >= 0.6 is 24.8 Å². The molecule has 0 aromatic heterocycles. The zero-order valence-corrected chi connectivity index (χ0v) is 7.55. The number of nitrogens with one attached hydrogen (secondary N) is 1. The van der Waals surface area contributed by atoms with Gasteiger partial charge >= 0.3 is 0 Å². The number of nitrogens with two attached hydrogens (primary N) is 1. The number of halogens is 3. The molecule has 0 spiro atoms. The van der Waals surface area contributed by atoms with Crippen LogP contribution in [0.5, 0.6) is 0 Å². The second-order valence-corrected chi connectivity index (χ2v) is 2.06. The molecule has 0 amide bonds. The van der Waals surface area contributed by atoms with Gasteiger partial charge in [0.05, 0.1) is 0 Å². The molecule has 0 bridgehead atoms. The standard InChI is InChI=1S/C5H10FN3.2ClH/c6-4-1-2-8-5(3-4)9-7;;/h4H,1-3,7H2,(H,8,9);2*1H. The number of hydrazine groups is 1. The molecule has 0 saturated carbocycles. The average Bonchev–Trinajstić information content (AvgIpc) is 1.88. The normalized spacial score (nSPS) is 22.4. The molecule has 0 aromatic rings. The third-order valence-electron chi connectivity index (χ3n) is 1.33. The third-order valence-corrected chi connectivity index (χ3v) is 1.33. The van der Waals surface area contributed by atoms with Crippen LogP contribution in [-0.2, 0) is 0 Å². The average molecular weight is 204 g/mol. The first kappa shape index (κ1) is 13.5. The molecule has 3 nitrogen and oxygen atoms in total. The van der Waals surface area contributed by atoms with Crippen molar-refractivity contribution in [1.82, 2.24) is 5.43 Å². The van der Waals surface area contributed by atoms with Crippen molar-refractivity contribution in [3.63, 3.8) is 0 Å². The van der Waals surface area contributed by atoms with Gasteiger partial charge in [-0.1, -0.05) is 0 Å². The smallest absolute Gasteiger partial charge is 0.113 e. The van der Waals surface area contributed by atoms with Crippen LogP contribution in [-0.4, -0.2) is 18.6 Å². The number of aliphatic imine (C=N–C) groups is 1. The van der Waals surface area contributed by atoms with Gasteiger partial charge in [0.25, 0.3) is 0 Å². The summed E-state index contributed by atoms with van der Waals surface area (Å²) >= 11 is 0. The highest BCUT2D eigenvalue weighted by molar-refractivity contribution is 5.85. The minimum atomic E-state index is -0.756. The minimum Gasteiger partial charge on any atom is -0.312 e. The molecule has 1 aliphatic heterocycles. The van der Waals surface area contributed by atoms with Crippen molar-refractivity contribution in [3.05, 3.63) is 0 Å². The molecule has 0 radical (unpaired) electrons. The van der Waals surface area contributed by atoms with Crippen LogP contribution in [0.4, 0.5) is 4.39 Å². The highest BCUT2D eigenvalue weighted by Gasteiger charge is 2.13. The molecule has 1 heterocycles. The zero-order valence-electron chi connectivity index (χ0n) is 5.92. The van der Waals surface area contributed by atoms with Gasteiger partial charge in [-0.25, -0.2) is 10.2 Å². The maximum atomic E-state index is 12.4. The molecule has 1 aliphatic rings. The lowest BCUT2D eigenvalue weighted by molar-refractivity contribution is 0.317. The summed E-state index contributed by atoms with van der Waals surface area (Å²) < 4.78 is 12.4. The van der Waals surface area contributed by atoms with Gasteiger partial charge in [-0.2, -0.15) is 0 Å². The Kier molecular flexibility index (Phi) is 8.16. The number of hydrogen-bond acceptors (Lipinski definition) is 3. The Morgan fingerprint density at radius 3 is 2.55 bits per heavy atom. The van der Waals surface area contributed by atoms with Crippen LogP contribution in [0.1, 0.15) is 12.8 Å². The van der Waals surface area contributed by atoms with E-state index in [-0.39, 0.29) is 24.8 Å². The van der Waals surface area contributed by atoms with Crippen molar-refractivity contribution in [3.8, 4) is 0 Å². The first-order valence-electron chi connectivity index (χ1n) is 2.97. The molecular formula is C5H12Cl2FN3. The van der Waals surface area contributed by atoms with E-state index < -0.39 is 6.17 Å². The topological polar surface area (TPSA) is 50.4 Å². The molecule has 0 aliphatic carbocycles. The predicted octanol–water partition coefficient (Wildman–Crippen LogP) is 0.824. The Balaban J connectivity index is 0. The molecule has 1 atom stereocenters. The summed E-state index contributed by atoms with van der Waals surface area (Å²) in [6.07, 6.45) is 0.121. The van der Waals surface area contributed by atoms with Crippen molar-refractivity contribution in [1.29, 1.82) is 0 Å². The van der Waals surface area contributed by atoms with Crippen LogP contribution in [0, 0.1) is 0 Å². The van der Waals surface area contributed by atoms with E-state index >= 15 is 0 Å². The summed E-state index contributed by atoms with van der Waals surface area (Å²) in [7, 11) is 0. The number of nitrogens with zero attached hydrogens (tertiary/aromatic N) is 1. The fourth-order valence-electron chi connectivity index (χ4n) is 0.821. The second-order valence-electron chi connectivity index (χ2n) is 2.06. The molecule has 6 heteroatoms. The van der Waals surface area contributed by atoms with Crippen LogP contribution in [0.25, 0.3) is 0 Å². The van der Waals surface area contributed by atoms with Crippen molar-refractivity contribution < 1.29 is 4.39 Å². The fraction of sp³-hybridized carbons (Fsp3) is 0.800. The minimum absolute atomic E-state index is 0. The summed E-state index contributed by atoms with van der Waals surface area (Å²) in [5.74, 6) is 5.60. The van der Waals surface area contributed by atoms with E-state index in [0.29, 0.717) is 25.2 Å². The molecule has 1 unspecified atom stereocenters. The molecule has 1 rings (SSSR count). The van der Waals surface area contributed by atoms with Gasteiger partial charge < -0.3 is 5.43 Å². The van der Waals surface area contributed by atoms with E-state index in [4.69, 9.17) is 5.84 Å². The van der Waals surface area contributed by atoms with Gasteiger partial charge in [0.15, 0.2) is 0 Å². The van der Waals surface area contributed by atoms with Crippen molar-refractivity contribution in [2.24, 2.45) is 10.8 Å². The zero-order chi connectivity index (χ0) is 6.69. The lowest BCUT2D eigenvalue weighted by Gasteiger charge is -2.13. The number of alkyl halides is 1. The predicted molar refractivity (Wildman–Crippen MR) is 48.3 cm³/mol. The number of amidine groups is 1. The van der Waals surface area contributed by atoms with Crippen LogP contribution < -0.4 is 11.3 Å². The lowest BCUT2D eigenvalue weighted by Crippen LogP contribution is -2.34. The first-order valence-corrected chi connectivity index (χ1v) is 2.97. The summed E-state index contributed by atoms with van der Waals surface area (Å²) in [6, 6.07) is 0. The summed E-state index contributed by atoms with van der Waals surface area (Å²) in [5.41, 5.74) is 2.34. The van der Waals surface area contributed by atoms with Gasteiger partial charge in [0.2, 0.25) is 0 Å². The van der Waals surface area contributed by atoms with Gasteiger partial charge in [-0.05, 0) is 6.42 Å². The first-order chi connectivity index (χ1) is 4.33. The lowest BCUT2D eigenvalue weighted by atomic mass is 10.1. The van der Waals surface area contributed by atoms with Crippen LogP contribution in [0.2, 0.25) is 0 Å². The maximum absolute atomic E-state index is 12.4. The van der Waals surface area contributed by atoms with E-state index in [1.54, 1.807) is 0 Å². The van der Waals surface area contributed by atoms with Crippen molar-refractivity contribution in [2.45, 2.75) is 19.0 Å². The van der Waals surface area contributed by atoms with E-state index in [1.165, 1.54) is 0 Å². The highest BCUT2D eigenvalue weighted by atomic mass is 35.5. The molecule has 0 saturated heterocycles. The van der Waals surface area contributed by atoms with E-state index in [9.17, 15) is 4.39 Å². The van der Waals surface area contributed by atoms with Gasteiger partial charge in [-0.15, -0.1) is 24.8 Å². The van der Waals surface area contributed by atoms with E-state index in [0.717, 1.165) is 0 Å². The van der Waals surface area contributed by atoms with Gasteiger partial charge in [0, 0.05) is 13.0 Å². The van der Waals surface area contributed by atoms with Gasteiger partial charge in [0.1, 0.15) is 12.0 Å². The van der Waals surface area contributed by atoms with E-state index in [2.05, 4.69) is 10.4 Å². The quantitative estimate of drug-likeness (QED) is 0.453. The molecule has 11 heavy (non-hydrogen) atoms. The monoisotopic (exact) mass is 203 g/mol. The van der Waals surface area contributed by atoms with Gasteiger partial charge in [-0.3, -0.25) is 4.99 Å². The Labute approximate surface area is 77.4 Å². The Bertz CT molecular complexity index is 131. The van der Waals surface area contributed by atoms with Crippen molar-refractivity contribution >= 4 is 30.6 Å². The Morgan fingerprint density at radius 2 is 2.18 bits per heavy atom.